The molecule has 4 heteroatoms. The number of nitrogens with zero attached hydrogens (tertiary/aromatic N) is 2. The smallest absolute Gasteiger partial charge is 0.195 e. The number of hydrogen-bond donors (Lipinski definition) is 1. The summed E-state index contributed by atoms with van der Waals surface area (Å²) < 4.78 is 2.98. The SMILES string of the molecule is CCCCCn1c(C2=C(C)CCCCC2)n[nH]c1=S. The fraction of sp³-hybridized carbons (Fsp3) is 0.733. The van der Waals surface area contributed by atoms with Gasteiger partial charge < -0.3 is 4.57 Å². The highest BCUT2D eigenvalue weighted by molar-refractivity contribution is 7.71. The van der Waals surface area contributed by atoms with Gasteiger partial charge in [-0.15, -0.1) is 0 Å². The summed E-state index contributed by atoms with van der Waals surface area (Å²) in [5.74, 6) is 1.10. The average Bonchev–Trinajstić information content (AvgIpc) is 2.62. The van der Waals surface area contributed by atoms with Crippen LogP contribution < -0.4 is 0 Å². The molecule has 0 bridgehead atoms. The molecule has 19 heavy (non-hydrogen) atoms. The molecule has 1 aromatic rings. The molecule has 0 radical (unpaired) electrons. The quantitative estimate of drug-likeness (QED) is 0.616. The van der Waals surface area contributed by atoms with Crippen LogP contribution in [0.2, 0.25) is 0 Å². The van der Waals surface area contributed by atoms with Gasteiger partial charge in [-0.05, 0) is 56.8 Å². The number of rotatable bonds is 5. The van der Waals surface area contributed by atoms with Crippen LogP contribution in [-0.2, 0) is 6.54 Å². The zero-order valence-corrected chi connectivity index (χ0v) is 13.0. The predicted molar refractivity (Wildman–Crippen MR) is 82.6 cm³/mol. The number of H-pyrrole nitrogens is 1. The highest BCUT2D eigenvalue weighted by Crippen LogP contribution is 2.30. The van der Waals surface area contributed by atoms with E-state index >= 15 is 0 Å². The van der Waals surface area contributed by atoms with E-state index in [0.717, 1.165) is 23.6 Å². The standard InChI is InChI=1S/C15H25N3S/c1-3-4-8-11-18-14(16-17-15(18)19)13-10-7-5-6-9-12(13)2/h3-11H2,1-2H3,(H,17,19). The molecule has 1 aliphatic carbocycles. The molecule has 0 unspecified atom stereocenters. The Morgan fingerprint density at radius 2 is 2.00 bits per heavy atom. The topological polar surface area (TPSA) is 33.6 Å². The third-order valence-corrected chi connectivity index (χ3v) is 4.32. The zero-order chi connectivity index (χ0) is 13.7. The fourth-order valence-corrected chi connectivity index (χ4v) is 3.03. The molecule has 0 aliphatic heterocycles. The van der Waals surface area contributed by atoms with Crippen LogP contribution in [0.1, 0.15) is 71.0 Å². The summed E-state index contributed by atoms with van der Waals surface area (Å²) in [6.07, 6.45) is 9.97. The number of hydrogen-bond acceptors (Lipinski definition) is 2. The largest absolute Gasteiger partial charge is 0.300 e. The highest BCUT2D eigenvalue weighted by atomic mass is 32.1. The molecule has 1 aliphatic rings. The van der Waals surface area contributed by atoms with Gasteiger partial charge >= 0.3 is 0 Å². The van der Waals surface area contributed by atoms with Crippen molar-refractivity contribution in [1.29, 1.82) is 0 Å². The van der Waals surface area contributed by atoms with Crippen molar-refractivity contribution in [3.8, 4) is 0 Å². The predicted octanol–water partition coefficient (Wildman–Crippen LogP) is 4.87. The Labute approximate surface area is 121 Å². The lowest BCUT2D eigenvalue weighted by Crippen LogP contribution is -2.05. The second-order valence-electron chi connectivity index (χ2n) is 5.53. The molecule has 3 nitrogen and oxygen atoms in total. The molecule has 0 saturated heterocycles. The first-order valence-electron chi connectivity index (χ1n) is 7.58. The van der Waals surface area contributed by atoms with Crippen molar-refractivity contribution in [3.05, 3.63) is 16.2 Å². The van der Waals surface area contributed by atoms with Gasteiger partial charge in [0.15, 0.2) is 10.6 Å². The second-order valence-corrected chi connectivity index (χ2v) is 5.92. The molecule has 2 rings (SSSR count). The molecular weight excluding hydrogens is 254 g/mol. The second kappa shape index (κ2) is 7.04. The first-order valence-corrected chi connectivity index (χ1v) is 7.99. The van der Waals surface area contributed by atoms with E-state index in [1.807, 2.05) is 0 Å². The van der Waals surface area contributed by atoms with Gasteiger partial charge in [-0.1, -0.05) is 31.8 Å². The number of aromatic amines is 1. The van der Waals surface area contributed by atoms with Crippen LogP contribution in [0.4, 0.5) is 0 Å². The van der Waals surface area contributed by atoms with Crippen molar-refractivity contribution < 1.29 is 0 Å². The molecule has 0 aromatic carbocycles. The average molecular weight is 279 g/mol. The molecule has 0 amide bonds. The summed E-state index contributed by atoms with van der Waals surface area (Å²) in [6.45, 7) is 5.48. The summed E-state index contributed by atoms with van der Waals surface area (Å²) in [7, 11) is 0. The van der Waals surface area contributed by atoms with Crippen LogP contribution in [0.3, 0.4) is 0 Å². The maximum absolute atomic E-state index is 5.39. The van der Waals surface area contributed by atoms with Gasteiger partial charge in [0.1, 0.15) is 0 Å². The van der Waals surface area contributed by atoms with E-state index in [9.17, 15) is 0 Å². The van der Waals surface area contributed by atoms with E-state index in [-0.39, 0.29) is 0 Å². The monoisotopic (exact) mass is 279 g/mol. The van der Waals surface area contributed by atoms with Crippen molar-refractivity contribution in [2.75, 3.05) is 0 Å². The number of unbranched alkanes of at least 4 members (excludes halogenated alkanes) is 2. The minimum atomic E-state index is 0.774. The summed E-state index contributed by atoms with van der Waals surface area (Å²) in [4.78, 5) is 0. The minimum absolute atomic E-state index is 0.774. The van der Waals surface area contributed by atoms with Crippen LogP contribution in [0.5, 0.6) is 0 Å². The van der Waals surface area contributed by atoms with Gasteiger partial charge in [0, 0.05) is 6.54 Å². The van der Waals surface area contributed by atoms with Crippen LogP contribution in [0.15, 0.2) is 5.57 Å². The molecule has 106 valence electrons. The maximum Gasteiger partial charge on any atom is 0.195 e. The Bertz CT molecular complexity index is 496. The summed E-state index contributed by atoms with van der Waals surface area (Å²) in [5, 5.41) is 7.48. The van der Waals surface area contributed by atoms with E-state index in [2.05, 4.69) is 28.6 Å². The minimum Gasteiger partial charge on any atom is -0.300 e. The lowest BCUT2D eigenvalue weighted by molar-refractivity contribution is 0.590. The Hall–Kier alpha value is -0.900. The first-order chi connectivity index (χ1) is 9.24. The molecule has 0 atom stereocenters. The van der Waals surface area contributed by atoms with E-state index in [1.165, 1.54) is 56.1 Å². The first kappa shape index (κ1) is 14.5. The lowest BCUT2D eigenvalue weighted by atomic mass is 10.0. The number of nitrogens with one attached hydrogen (secondary N) is 1. The Kier molecular flexibility index (Phi) is 5.37. The van der Waals surface area contributed by atoms with E-state index in [0.29, 0.717) is 0 Å². The summed E-state index contributed by atoms with van der Waals surface area (Å²) >= 11 is 5.39. The van der Waals surface area contributed by atoms with Crippen LogP contribution >= 0.6 is 12.2 Å². The van der Waals surface area contributed by atoms with Crippen molar-refractivity contribution >= 4 is 17.8 Å². The van der Waals surface area contributed by atoms with Crippen molar-refractivity contribution in [2.45, 2.75) is 71.8 Å². The molecule has 0 spiro atoms. The third-order valence-electron chi connectivity index (χ3n) is 4.01. The Morgan fingerprint density at radius 1 is 1.21 bits per heavy atom. The van der Waals surface area contributed by atoms with Gasteiger partial charge in [0.05, 0.1) is 0 Å². The van der Waals surface area contributed by atoms with Crippen molar-refractivity contribution in [2.24, 2.45) is 0 Å². The lowest BCUT2D eigenvalue weighted by Gasteiger charge is -2.11. The maximum atomic E-state index is 5.39. The van der Waals surface area contributed by atoms with Gasteiger partial charge in [-0.25, -0.2) is 0 Å². The zero-order valence-electron chi connectivity index (χ0n) is 12.2. The number of allylic oxidation sites excluding steroid dienone is 2. The van der Waals surface area contributed by atoms with Gasteiger partial charge in [0.25, 0.3) is 0 Å². The molecule has 1 heterocycles. The van der Waals surface area contributed by atoms with Gasteiger partial charge in [-0.2, -0.15) is 5.10 Å². The normalized spacial score (nSPS) is 16.7. The fourth-order valence-electron chi connectivity index (χ4n) is 2.81. The molecule has 1 N–H and O–H groups in total. The summed E-state index contributed by atoms with van der Waals surface area (Å²) in [6, 6.07) is 0. The van der Waals surface area contributed by atoms with Crippen molar-refractivity contribution in [3.63, 3.8) is 0 Å². The molecule has 0 saturated carbocycles. The molecule has 1 aromatic heterocycles. The van der Waals surface area contributed by atoms with Crippen molar-refractivity contribution in [1.82, 2.24) is 14.8 Å². The van der Waals surface area contributed by atoms with Gasteiger partial charge in [0.2, 0.25) is 0 Å². The molecule has 0 fully saturated rings. The van der Waals surface area contributed by atoms with E-state index in [4.69, 9.17) is 12.2 Å². The number of aromatic nitrogens is 3. The Morgan fingerprint density at radius 3 is 2.79 bits per heavy atom. The van der Waals surface area contributed by atoms with Crippen LogP contribution in [0.25, 0.3) is 5.57 Å². The van der Waals surface area contributed by atoms with E-state index in [1.54, 1.807) is 0 Å². The van der Waals surface area contributed by atoms with Crippen LogP contribution in [0, 0.1) is 4.77 Å². The molecular formula is C15H25N3S. The summed E-state index contributed by atoms with van der Waals surface area (Å²) in [5.41, 5.74) is 2.93. The van der Waals surface area contributed by atoms with E-state index < -0.39 is 0 Å². The third kappa shape index (κ3) is 3.56. The van der Waals surface area contributed by atoms with Gasteiger partial charge in [-0.3, -0.25) is 5.10 Å². The Balaban J connectivity index is 2.26. The highest BCUT2D eigenvalue weighted by Gasteiger charge is 2.16. The van der Waals surface area contributed by atoms with Crippen LogP contribution in [-0.4, -0.2) is 14.8 Å².